The minimum absolute atomic E-state index is 0.285. The number of nitrogens with zero attached hydrogens (tertiary/aromatic N) is 1. The van der Waals surface area contributed by atoms with E-state index >= 15 is 0 Å². The van der Waals surface area contributed by atoms with Gasteiger partial charge in [-0.15, -0.1) is 0 Å². The fourth-order valence-corrected chi connectivity index (χ4v) is 3.31. The summed E-state index contributed by atoms with van der Waals surface area (Å²) in [5, 5.41) is 12.8. The van der Waals surface area contributed by atoms with E-state index in [1.807, 2.05) is 0 Å². The van der Waals surface area contributed by atoms with E-state index in [0.29, 0.717) is 12.0 Å². The van der Waals surface area contributed by atoms with Crippen LogP contribution in [0.3, 0.4) is 0 Å². The molecule has 112 valence electrons. The van der Waals surface area contributed by atoms with Crippen LogP contribution in [-0.2, 0) is 6.54 Å². The zero-order chi connectivity index (χ0) is 14.2. The van der Waals surface area contributed by atoms with E-state index in [1.54, 1.807) is 0 Å². The van der Waals surface area contributed by atoms with Crippen LogP contribution in [0.4, 0.5) is 0 Å². The molecule has 2 N–H and O–H groups in total. The second-order valence-corrected chi connectivity index (χ2v) is 5.80. The zero-order valence-electron chi connectivity index (χ0n) is 12.6. The number of piperidine rings is 1. The van der Waals surface area contributed by atoms with Gasteiger partial charge in [0.05, 0.1) is 0 Å². The first kappa shape index (κ1) is 15.5. The molecule has 2 atom stereocenters. The molecule has 0 radical (unpaired) electrons. The summed E-state index contributed by atoms with van der Waals surface area (Å²) < 4.78 is 0. The number of hydrogen-bond donors (Lipinski definition) is 2. The molecule has 0 aromatic heterocycles. The molecule has 1 aliphatic heterocycles. The van der Waals surface area contributed by atoms with Crippen LogP contribution >= 0.6 is 0 Å². The Bertz CT molecular complexity index is 363. The lowest BCUT2D eigenvalue weighted by Gasteiger charge is -2.37. The highest BCUT2D eigenvalue weighted by molar-refractivity contribution is 5.14. The maximum absolute atomic E-state index is 9.24. The molecule has 1 aliphatic rings. The van der Waals surface area contributed by atoms with Crippen molar-refractivity contribution in [1.82, 2.24) is 10.2 Å². The van der Waals surface area contributed by atoms with Gasteiger partial charge in [-0.2, -0.15) is 0 Å². The summed E-state index contributed by atoms with van der Waals surface area (Å²) in [5.74, 6) is 0.666. The van der Waals surface area contributed by atoms with Crippen molar-refractivity contribution in [2.45, 2.75) is 38.8 Å². The van der Waals surface area contributed by atoms with E-state index in [1.165, 1.54) is 24.9 Å². The van der Waals surface area contributed by atoms with Gasteiger partial charge < -0.3 is 10.4 Å². The number of nitrogens with one attached hydrogen (secondary N) is 1. The quantitative estimate of drug-likeness (QED) is 0.802. The van der Waals surface area contributed by atoms with Gasteiger partial charge in [-0.25, -0.2) is 0 Å². The molecule has 1 fully saturated rings. The number of aliphatic hydroxyl groups is 1. The van der Waals surface area contributed by atoms with E-state index in [4.69, 9.17) is 0 Å². The fourth-order valence-electron chi connectivity index (χ4n) is 3.31. The first-order valence-corrected chi connectivity index (χ1v) is 7.94. The predicted octanol–water partition coefficient (Wildman–Crippen LogP) is 2.26. The van der Waals surface area contributed by atoms with Gasteiger partial charge in [-0.3, -0.25) is 4.90 Å². The maximum atomic E-state index is 9.24. The lowest BCUT2D eigenvalue weighted by Crippen LogP contribution is -2.45. The molecule has 2 rings (SSSR count). The monoisotopic (exact) mass is 276 g/mol. The summed E-state index contributed by atoms with van der Waals surface area (Å²) in [6.45, 7) is 6.81. The van der Waals surface area contributed by atoms with Crippen molar-refractivity contribution in [2.75, 3.05) is 26.2 Å². The van der Waals surface area contributed by atoms with Crippen molar-refractivity contribution >= 4 is 0 Å². The van der Waals surface area contributed by atoms with Crippen LogP contribution in [0.5, 0.6) is 0 Å². The van der Waals surface area contributed by atoms with E-state index in [9.17, 15) is 5.11 Å². The maximum Gasteiger partial charge on any atom is 0.0445 e. The molecule has 20 heavy (non-hydrogen) atoms. The molecule has 1 aromatic rings. The molecule has 1 heterocycles. The molecule has 1 saturated heterocycles. The van der Waals surface area contributed by atoms with Crippen molar-refractivity contribution in [2.24, 2.45) is 5.92 Å². The Kier molecular flexibility index (Phi) is 6.51. The summed E-state index contributed by atoms with van der Waals surface area (Å²) in [6.07, 6.45) is 3.42. The largest absolute Gasteiger partial charge is 0.396 e. The Morgan fingerprint density at radius 2 is 2.15 bits per heavy atom. The van der Waals surface area contributed by atoms with E-state index in [2.05, 4.69) is 47.5 Å². The van der Waals surface area contributed by atoms with Crippen molar-refractivity contribution in [3.63, 3.8) is 0 Å². The lowest BCUT2D eigenvalue weighted by atomic mass is 9.88. The van der Waals surface area contributed by atoms with Gasteiger partial charge in [0, 0.05) is 25.7 Å². The van der Waals surface area contributed by atoms with Crippen molar-refractivity contribution in [3.8, 4) is 0 Å². The predicted molar refractivity (Wildman–Crippen MR) is 83.6 cm³/mol. The Hall–Kier alpha value is -0.900. The van der Waals surface area contributed by atoms with Gasteiger partial charge in [0.15, 0.2) is 0 Å². The topological polar surface area (TPSA) is 35.5 Å². The van der Waals surface area contributed by atoms with Gasteiger partial charge in [-0.05, 0) is 43.8 Å². The molecule has 0 saturated carbocycles. The van der Waals surface area contributed by atoms with Gasteiger partial charge in [0.2, 0.25) is 0 Å². The highest BCUT2D eigenvalue weighted by Gasteiger charge is 2.26. The molecule has 0 amide bonds. The van der Waals surface area contributed by atoms with Crippen LogP contribution in [0.25, 0.3) is 0 Å². The molecule has 0 spiro atoms. The number of hydrogen-bond acceptors (Lipinski definition) is 3. The van der Waals surface area contributed by atoms with E-state index in [-0.39, 0.29) is 6.61 Å². The lowest BCUT2D eigenvalue weighted by molar-refractivity contribution is 0.128. The summed E-state index contributed by atoms with van der Waals surface area (Å²) in [5.41, 5.74) is 1.40. The third kappa shape index (κ3) is 4.58. The summed E-state index contributed by atoms with van der Waals surface area (Å²) in [6, 6.07) is 11.2. The number of benzene rings is 1. The Morgan fingerprint density at radius 3 is 2.85 bits per heavy atom. The van der Waals surface area contributed by atoms with Crippen LogP contribution < -0.4 is 5.32 Å². The molecule has 3 heteroatoms. The molecule has 2 unspecified atom stereocenters. The smallest absolute Gasteiger partial charge is 0.0445 e. The van der Waals surface area contributed by atoms with Gasteiger partial charge in [-0.1, -0.05) is 37.3 Å². The normalized spacial score (nSPS) is 21.8. The second-order valence-electron chi connectivity index (χ2n) is 5.80. The van der Waals surface area contributed by atoms with Gasteiger partial charge in [0.1, 0.15) is 0 Å². The average Bonchev–Trinajstić information content (AvgIpc) is 2.48. The minimum atomic E-state index is 0.285. The fraction of sp³-hybridized carbons (Fsp3) is 0.647. The van der Waals surface area contributed by atoms with Crippen LogP contribution in [-0.4, -0.2) is 42.3 Å². The number of aliphatic hydroxyl groups excluding tert-OH is 1. The van der Waals surface area contributed by atoms with Crippen LogP contribution in [0.1, 0.15) is 31.7 Å². The van der Waals surface area contributed by atoms with Crippen molar-refractivity contribution in [3.05, 3.63) is 35.9 Å². The summed E-state index contributed by atoms with van der Waals surface area (Å²) >= 11 is 0. The van der Waals surface area contributed by atoms with Gasteiger partial charge >= 0.3 is 0 Å². The molecule has 1 aromatic carbocycles. The van der Waals surface area contributed by atoms with Crippen molar-refractivity contribution in [1.29, 1.82) is 0 Å². The SMILES string of the molecule is CCNC(CCO)C1CCCN(Cc2ccccc2)C1. The Balaban J connectivity index is 1.90. The highest BCUT2D eigenvalue weighted by atomic mass is 16.3. The summed E-state index contributed by atoms with van der Waals surface area (Å²) in [4.78, 5) is 2.56. The number of likely N-dealkylation sites (tertiary alicyclic amines) is 1. The molecule has 0 bridgehead atoms. The van der Waals surface area contributed by atoms with E-state index in [0.717, 1.165) is 26.1 Å². The number of rotatable bonds is 7. The molecule has 3 nitrogen and oxygen atoms in total. The molecule has 0 aliphatic carbocycles. The first-order valence-electron chi connectivity index (χ1n) is 7.94. The average molecular weight is 276 g/mol. The Morgan fingerprint density at radius 1 is 1.35 bits per heavy atom. The molecular formula is C17H28N2O. The summed E-state index contributed by atoms with van der Waals surface area (Å²) in [7, 11) is 0. The van der Waals surface area contributed by atoms with Crippen LogP contribution in [0, 0.1) is 5.92 Å². The Labute approximate surface area is 123 Å². The second kappa shape index (κ2) is 8.40. The van der Waals surface area contributed by atoms with Crippen molar-refractivity contribution < 1.29 is 5.11 Å². The first-order chi connectivity index (χ1) is 9.83. The van der Waals surface area contributed by atoms with Gasteiger partial charge in [0.25, 0.3) is 0 Å². The van der Waals surface area contributed by atoms with E-state index < -0.39 is 0 Å². The minimum Gasteiger partial charge on any atom is -0.396 e. The van der Waals surface area contributed by atoms with Crippen LogP contribution in [0.2, 0.25) is 0 Å². The molecular weight excluding hydrogens is 248 g/mol. The highest BCUT2D eigenvalue weighted by Crippen LogP contribution is 2.23. The third-order valence-corrected chi connectivity index (χ3v) is 4.27. The third-order valence-electron chi connectivity index (χ3n) is 4.27. The standard InChI is InChI=1S/C17H28N2O/c1-2-18-17(10-12-20)16-9-6-11-19(14-16)13-15-7-4-3-5-8-15/h3-5,7-8,16-18,20H,2,6,9-14H2,1H3. The van der Waals surface area contributed by atoms with Crippen LogP contribution in [0.15, 0.2) is 30.3 Å². The zero-order valence-corrected chi connectivity index (χ0v) is 12.6.